The zero-order valence-electron chi connectivity index (χ0n) is 18.9. The van der Waals surface area contributed by atoms with Gasteiger partial charge in [0, 0.05) is 30.9 Å². The van der Waals surface area contributed by atoms with Crippen LogP contribution in [0.3, 0.4) is 0 Å². The van der Waals surface area contributed by atoms with Gasteiger partial charge < -0.3 is 9.15 Å². The van der Waals surface area contributed by atoms with Crippen molar-refractivity contribution in [3.8, 4) is 11.5 Å². The van der Waals surface area contributed by atoms with E-state index < -0.39 is 12.3 Å². The van der Waals surface area contributed by atoms with Crippen LogP contribution in [0.4, 0.5) is 8.78 Å². The number of nitrogens with zero attached hydrogens (tertiary/aromatic N) is 6. The van der Waals surface area contributed by atoms with Crippen LogP contribution in [0.2, 0.25) is 0 Å². The summed E-state index contributed by atoms with van der Waals surface area (Å²) in [5, 5.41) is 7.05. The van der Waals surface area contributed by atoms with E-state index in [1.165, 1.54) is 0 Å². The molecule has 11 heteroatoms. The third-order valence-electron chi connectivity index (χ3n) is 6.89. The molecule has 0 amide bonds. The summed E-state index contributed by atoms with van der Waals surface area (Å²) in [5.74, 6) is -0.677. The summed E-state index contributed by atoms with van der Waals surface area (Å²) in [5.41, 5.74) is 2.81. The highest BCUT2D eigenvalue weighted by atomic mass is 19.3. The fourth-order valence-corrected chi connectivity index (χ4v) is 4.92. The number of halogens is 2. The molecule has 0 spiro atoms. The molecular weight excluding hydrogens is 458 g/mol. The number of hydrogen-bond donors (Lipinski definition) is 0. The number of ether oxygens (including phenoxy) is 1. The molecule has 182 valence electrons. The number of fused-ring (bicyclic) bond motifs is 1. The second-order valence-corrected chi connectivity index (χ2v) is 8.99. The van der Waals surface area contributed by atoms with Gasteiger partial charge in [0.25, 0.3) is 5.89 Å². The first-order valence-corrected chi connectivity index (χ1v) is 11.7. The molecule has 0 radical (unpaired) electrons. The van der Waals surface area contributed by atoms with Crippen molar-refractivity contribution in [2.75, 3.05) is 26.3 Å². The second kappa shape index (κ2) is 8.97. The van der Waals surface area contributed by atoms with Gasteiger partial charge in [-0.2, -0.15) is 8.78 Å². The van der Waals surface area contributed by atoms with Crippen LogP contribution in [0.15, 0.2) is 51.8 Å². The minimum Gasteiger partial charge on any atom is -0.415 e. The summed E-state index contributed by atoms with van der Waals surface area (Å²) in [6.45, 7) is 3.83. The Labute approximate surface area is 199 Å². The quantitative estimate of drug-likeness (QED) is 0.417. The van der Waals surface area contributed by atoms with Crippen molar-refractivity contribution < 1.29 is 17.9 Å². The van der Waals surface area contributed by atoms with Crippen LogP contribution in [0.1, 0.15) is 36.8 Å². The van der Waals surface area contributed by atoms with Gasteiger partial charge in [-0.05, 0) is 42.7 Å². The van der Waals surface area contributed by atoms with Crippen molar-refractivity contribution in [2.24, 2.45) is 0 Å². The molecule has 35 heavy (non-hydrogen) atoms. The molecule has 0 atom stereocenters. The molecule has 2 aliphatic rings. The lowest BCUT2D eigenvalue weighted by Crippen LogP contribution is -2.52. The molecule has 6 rings (SSSR count). The number of aromatic nitrogens is 5. The minimum atomic E-state index is -2.81. The lowest BCUT2D eigenvalue weighted by atomic mass is 10.0. The maximum atomic E-state index is 13.6. The van der Waals surface area contributed by atoms with Gasteiger partial charge in [-0.3, -0.25) is 14.0 Å². The minimum absolute atomic E-state index is 0.0297. The Morgan fingerprint density at radius 1 is 1.03 bits per heavy atom. The summed E-state index contributed by atoms with van der Waals surface area (Å²) < 4.78 is 39.4. The first-order valence-electron chi connectivity index (χ1n) is 11.7. The van der Waals surface area contributed by atoms with E-state index in [1.54, 1.807) is 22.9 Å². The van der Waals surface area contributed by atoms with Crippen LogP contribution in [0.25, 0.3) is 22.6 Å². The van der Waals surface area contributed by atoms with Crippen LogP contribution >= 0.6 is 0 Å². The van der Waals surface area contributed by atoms with E-state index in [0.717, 1.165) is 50.2 Å². The number of likely N-dealkylation sites (tertiary alicyclic amines) is 1. The molecule has 2 saturated heterocycles. The highest BCUT2D eigenvalue weighted by Gasteiger charge is 2.31. The first-order chi connectivity index (χ1) is 17.1. The van der Waals surface area contributed by atoms with Gasteiger partial charge in [-0.1, -0.05) is 12.1 Å². The molecule has 9 nitrogen and oxygen atoms in total. The summed E-state index contributed by atoms with van der Waals surface area (Å²) in [6.07, 6.45) is 0.696. The van der Waals surface area contributed by atoms with Gasteiger partial charge in [-0.15, -0.1) is 10.2 Å². The van der Waals surface area contributed by atoms with E-state index in [2.05, 4.69) is 20.1 Å². The fraction of sp³-hybridized carbons (Fsp3) is 0.417. The Kier molecular flexibility index (Phi) is 5.65. The molecule has 0 bridgehead atoms. The number of imidazole rings is 1. The smallest absolute Gasteiger partial charge is 0.330 e. The first kappa shape index (κ1) is 22.1. The van der Waals surface area contributed by atoms with E-state index in [1.807, 2.05) is 28.8 Å². The molecule has 1 aromatic carbocycles. The molecule has 3 aromatic heterocycles. The summed E-state index contributed by atoms with van der Waals surface area (Å²) in [4.78, 5) is 20.5. The van der Waals surface area contributed by atoms with Gasteiger partial charge in [0.15, 0.2) is 5.65 Å². The Morgan fingerprint density at radius 3 is 2.46 bits per heavy atom. The van der Waals surface area contributed by atoms with Gasteiger partial charge in [0.1, 0.15) is 0 Å². The third-order valence-corrected chi connectivity index (χ3v) is 6.89. The number of hydrogen-bond acceptors (Lipinski definition) is 7. The maximum absolute atomic E-state index is 13.6. The highest BCUT2D eigenvalue weighted by Crippen LogP contribution is 2.28. The largest absolute Gasteiger partial charge is 0.415 e. The molecule has 0 saturated carbocycles. The normalized spacial score (nSPS) is 17.9. The average Bonchev–Trinajstić information content (AvgIpc) is 3.43. The Balaban J connectivity index is 1.25. The molecule has 4 aromatic rings. The van der Waals surface area contributed by atoms with E-state index in [-0.39, 0.29) is 17.6 Å². The van der Waals surface area contributed by atoms with Gasteiger partial charge in [0.05, 0.1) is 31.3 Å². The molecule has 0 unspecified atom stereocenters. The predicted octanol–water partition coefficient (Wildman–Crippen LogP) is 3.27. The average molecular weight is 482 g/mol. The van der Waals surface area contributed by atoms with E-state index in [0.29, 0.717) is 23.8 Å². The summed E-state index contributed by atoms with van der Waals surface area (Å²) >= 11 is 0. The third kappa shape index (κ3) is 4.04. The number of pyridine rings is 1. The molecular formula is C24H24F2N6O3. The van der Waals surface area contributed by atoms with Crippen molar-refractivity contribution in [2.45, 2.75) is 37.9 Å². The lowest BCUT2D eigenvalue weighted by molar-refractivity contribution is -0.0731. The van der Waals surface area contributed by atoms with Gasteiger partial charge in [-0.25, -0.2) is 9.78 Å². The van der Waals surface area contributed by atoms with E-state index in [4.69, 9.17) is 9.15 Å². The number of piperidine rings is 1. The molecule has 0 N–H and O–H groups in total. The maximum Gasteiger partial charge on any atom is 0.330 e. The molecule has 2 fully saturated rings. The molecule has 2 aliphatic heterocycles. The lowest BCUT2D eigenvalue weighted by Gasteiger charge is -2.41. The number of alkyl halides is 2. The van der Waals surface area contributed by atoms with Crippen LogP contribution < -0.4 is 5.69 Å². The van der Waals surface area contributed by atoms with Crippen LogP contribution in [-0.2, 0) is 11.3 Å². The second-order valence-electron chi connectivity index (χ2n) is 8.99. The van der Waals surface area contributed by atoms with Crippen LogP contribution in [0.5, 0.6) is 0 Å². The summed E-state index contributed by atoms with van der Waals surface area (Å²) in [7, 11) is 0. The number of benzene rings is 1. The monoisotopic (exact) mass is 482 g/mol. The van der Waals surface area contributed by atoms with Crippen molar-refractivity contribution in [3.05, 3.63) is 64.5 Å². The Hall–Kier alpha value is -3.44. The highest BCUT2D eigenvalue weighted by molar-refractivity contribution is 5.71. The van der Waals surface area contributed by atoms with Crippen LogP contribution in [-0.4, -0.2) is 61.6 Å². The number of rotatable bonds is 6. The predicted molar refractivity (Wildman–Crippen MR) is 122 cm³/mol. The standard InChI is InChI=1S/C24H24F2N6O3/c25-20(26)23-29-28-22(35-23)16-5-3-15(4-6-16)12-31-21-19(2-1-9-27-21)32(24(31)33)17-7-10-30(11-8-17)18-13-34-14-18/h1-6,9,17-18,20H,7-8,10-14H2. The SMILES string of the molecule is O=c1n(Cc2ccc(-c3nnc(C(F)F)o3)cc2)c2ncccc2n1C1CCN(C2COC2)CC1. The zero-order valence-corrected chi connectivity index (χ0v) is 18.9. The van der Waals surface area contributed by atoms with Crippen LogP contribution in [0, 0.1) is 0 Å². The van der Waals surface area contributed by atoms with E-state index in [9.17, 15) is 13.6 Å². The Morgan fingerprint density at radius 2 is 1.80 bits per heavy atom. The summed E-state index contributed by atoms with van der Waals surface area (Å²) in [6, 6.07) is 11.5. The van der Waals surface area contributed by atoms with Gasteiger partial charge >= 0.3 is 12.1 Å². The zero-order chi connectivity index (χ0) is 23.9. The van der Waals surface area contributed by atoms with Crippen molar-refractivity contribution >= 4 is 11.2 Å². The van der Waals surface area contributed by atoms with Crippen molar-refractivity contribution in [1.82, 2.24) is 29.2 Å². The topological polar surface area (TPSA) is 91.2 Å². The van der Waals surface area contributed by atoms with E-state index >= 15 is 0 Å². The molecule has 5 heterocycles. The van der Waals surface area contributed by atoms with Gasteiger partial charge in [0.2, 0.25) is 5.89 Å². The van der Waals surface area contributed by atoms with Crippen molar-refractivity contribution in [1.29, 1.82) is 0 Å². The fourth-order valence-electron chi connectivity index (χ4n) is 4.92. The Bertz CT molecular complexity index is 1380. The molecule has 0 aliphatic carbocycles. The van der Waals surface area contributed by atoms with Crippen molar-refractivity contribution in [3.63, 3.8) is 0 Å².